The molecule has 0 saturated carbocycles. The largest absolute Gasteiger partial charge is 0.326 e. The van der Waals surface area contributed by atoms with E-state index in [0.29, 0.717) is 29.6 Å². The molecule has 0 unspecified atom stereocenters. The Labute approximate surface area is 216 Å². The summed E-state index contributed by atoms with van der Waals surface area (Å²) in [7, 11) is 0. The smallest absolute Gasteiger partial charge is 0.229 e. The quantitative estimate of drug-likeness (QED) is 0.280. The molecule has 0 atom stereocenters. The summed E-state index contributed by atoms with van der Waals surface area (Å²) in [5.41, 5.74) is 2.62. The fourth-order valence-electron chi connectivity index (χ4n) is 3.18. The zero-order valence-corrected chi connectivity index (χ0v) is 22.0. The molecule has 0 aliphatic carbocycles. The van der Waals surface area contributed by atoms with Crippen LogP contribution in [0, 0.1) is 0 Å². The van der Waals surface area contributed by atoms with Gasteiger partial charge in [0, 0.05) is 40.6 Å². The Morgan fingerprint density at radius 1 is 0.778 bits per heavy atom. The van der Waals surface area contributed by atoms with Crippen molar-refractivity contribution in [3.8, 4) is 0 Å². The van der Waals surface area contributed by atoms with Gasteiger partial charge in [-0.25, -0.2) is 15.0 Å². The average Bonchev–Trinajstić information content (AvgIpc) is 3.34. The Balaban J connectivity index is 0.000000201. The van der Waals surface area contributed by atoms with E-state index in [9.17, 15) is 9.59 Å². The molecule has 2 aromatic heterocycles. The van der Waals surface area contributed by atoms with E-state index in [2.05, 4.69) is 48.0 Å². The van der Waals surface area contributed by atoms with Crippen molar-refractivity contribution in [2.45, 2.75) is 52.4 Å². The summed E-state index contributed by atoms with van der Waals surface area (Å²) in [6.45, 7) is 8.39. The number of ketones is 1. The number of para-hydroxylation sites is 1. The minimum absolute atomic E-state index is 0.000145. The van der Waals surface area contributed by atoms with E-state index in [-0.39, 0.29) is 18.1 Å². The van der Waals surface area contributed by atoms with Gasteiger partial charge in [-0.15, -0.1) is 11.3 Å². The highest BCUT2D eigenvalue weighted by Gasteiger charge is 2.10. The molecule has 0 aliphatic heterocycles. The Kier molecular flexibility index (Phi) is 10.0. The summed E-state index contributed by atoms with van der Waals surface area (Å²) in [5.74, 6) is 1.45. The maximum atomic E-state index is 12.0. The normalized spacial score (nSPS) is 10.6. The van der Waals surface area contributed by atoms with Crippen LogP contribution in [0.4, 0.5) is 5.69 Å². The highest BCUT2D eigenvalue weighted by molar-refractivity contribution is 7.11. The number of carbonyl (C=O) groups is 2. The molecule has 2 heterocycles. The van der Waals surface area contributed by atoms with Crippen LogP contribution in [0.25, 0.3) is 0 Å². The van der Waals surface area contributed by atoms with Gasteiger partial charge < -0.3 is 5.32 Å². The van der Waals surface area contributed by atoms with Gasteiger partial charge in [0.05, 0.1) is 17.8 Å². The second kappa shape index (κ2) is 13.4. The van der Waals surface area contributed by atoms with Gasteiger partial charge in [0.1, 0.15) is 5.82 Å². The number of anilines is 1. The number of benzene rings is 2. The molecule has 4 rings (SSSR count). The molecule has 0 saturated heterocycles. The molecule has 0 radical (unpaired) electrons. The van der Waals surface area contributed by atoms with Gasteiger partial charge in [0.2, 0.25) is 5.91 Å². The van der Waals surface area contributed by atoms with Crippen molar-refractivity contribution in [3.05, 3.63) is 106 Å². The predicted octanol–water partition coefficient (Wildman–Crippen LogP) is 6.47. The standard InChI is InChI=1S/C15H16N2O.C14H16N2OS/c1-11(2)13-9-16-15(17-10-13)8-14(18)12-6-4-3-5-7-12;1-10(2)14-15-9-12(18-14)8-13(17)16-11-6-4-3-5-7-11/h3-7,9-11H,8H2,1-2H3;3-7,9-10H,8H2,1-2H3,(H,16,17). The average molecular weight is 501 g/mol. The molecular weight excluding hydrogens is 468 g/mol. The van der Waals surface area contributed by atoms with Gasteiger partial charge >= 0.3 is 0 Å². The number of hydrogen-bond acceptors (Lipinski definition) is 6. The number of amides is 1. The van der Waals surface area contributed by atoms with E-state index in [1.165, 1.54) is 0 Å². The number of thiazole rings is 1. The lowest BCUT2D eigenvalue weighted by Gasteiger charge is -2.05. The van der Waals surface area contributed by atoms with Crippen molar-refractivity contribution in [2.75, 3.05) is 5.32 Å². The molecule has 1 N–H and O–H groups in total. The third-order valence-electron chi connectivity index (χ3n) is 5.26. The summed E-state index contributed by atoms with van der Waals surface area (Å²) in [6, 6.07) is 18.7. The lowest BCUT2D eigenvalue weighted by Crippen LogP contribution is -2.13. The van der Waals surface area contributed by atoms with Crippen molar-refractivity contribution in [3.63, 3.8) is 0 Å². The van der Waals surface area contributed by atoms with Crippen molar-refractivity contribution < 1.29 is 9.59 Å². The summed E-state index contributed by atoms with van der Waals surface area (Å²) >= 11 is 1.61. The first-order chi connectivity index (χ1) is 17.3. The number of hydrogen-bond donors (Lipinski definition) is 1. The predicted molar refractivity (Wildman–Crippen MR) is 146 cm³/mol. The highest BCUT2D eigenvalue weighted by Crippen LogP contribution is 2.21. The van der Waals surface area contributed by atoms with Crippen LogP contribution in [0.2, 0.25) is 0 Å². The van der Waals surface area contributed by atoms with Crippen molar-refractivity contribution in [1.29, 1.82) is 0 Å². The molecule has 0 bridgehead atoms. The van der Waals surface area contributed by atoms with Crippen LogP contribution in [0.15, 0.2) is 79.3 Å². The third-order valence-corrected chi connectivity index (χ3v) is 6.56. The van der Waals surface area contributed by atoms with Crippen molar-refractivity contribution in [1.82, 2.24) is 15.0 Å². The number of nitrogens with zero attached hydrogens (tertiary/aromatic N) is 3. The molecule has 36 heavy (non-hydrogen) atoms. The van der Waals surface area contributed by atoms with Crippen LogP contribution in [0.1, 0.15) is 71.2 Å². The first-order valence-electron chi connectivity index (χ1n) is 12.0. The van der Waals surface area contributed by atoms with Crippen LogP contribution in [-0.2, 0) is 17.6 Å². The van der Waals surface area contributed by atoms with Crippen LogP contribution < -0.4 is 5.32 Å². The van der Waals surface area contributed by atoms with Crippen LogP contribution in [0.3, 0.4) is 0 Å². The Morgan fingerprint density at radius 3 is 1.94 bits per heavy atom. The van der Waals surface area contributed by atoms with Gasteiger partial charge in [-0.1, -0.05) is 76.2 Å². The molecule has 1 amide bonds. The lowest BCUT2D eigenvalue weighted by molar-refractivity contribution is -0.115. The van der Waals surface area contributed by atoms with E-state index >= 15 is 0 Å². The van der Waals surface area contributed by atoms with E-state index in [4.69, 9.17) is 0 Å². The Hall–Kier alpha value is -3.71. The third kappa shape index (κ3) is 8.50. The molecule has 6 nitrogen and oxygen atoms in total. The number of rotatable bonds is 8. The van der Waals surface area contributed by atoms with Crippen molar-refractivity contribution in [2.24, 2.45) is 0 Å². The van der Waals surface area contributed by atoms with Crippen LogP contribution in [0.5, 0.6) is 0 Å². The first kappa shape index (κ1) is 26.9. The molecule has 0 aliphatic rings. The first-order valence-corrected chi connectivity index (χ1v) is 12.8. The molecule has 2 aromatic carbocycles. The molecule has 7 heteroatoms. The number of nitrogens with one attached hydrogen (secondary N) is 1. The maximum Gasteiger partial charge on any atom is 0.229 e. The minimum atomic E-state index is 0.000145. The molecule has 0 spiro atoms. The SMILES string of the molecule is CC(C)c1cnc(CC(=O)c2ccccc2)nc1.CC(C)c1ncc(CC(=O)Nc2ccccc2)s1. The topological polar surface area (TPSA) is 84.8 Å². The van der Waals surface area contributed by atoms with E-state index < -0.39 is 0 Å². The van der Waals surface area contributed by atoms with E-state index in [0.717, 1.165) is 21.1 Å². The number of carbonyl (C=O) groups excluding carboxylic acids is 2. The summed E-state index contributed by atoms with van der Waals surface area (Å²) in [5, 5.41) is 3.95. The maximum absolute atomic E-state index is 12.0. The van der Waals surface area contributed by atoms with Crippen molar-refractivity contribution >= 4 is 28.7 Å². The minimum Gasteiger partial charge on any atom is -0.326 e. The summed E-state index contributed by atoms with van der Waals surface area (Å²) in [6.07, 6.45) is 6.03. The monoisotopic (exact) mass is 500 g/mol. The lowest BCUT2D eigenvalue weighted by atomic mass is 10.1. The second-order valence-corrected chi connectivity index (χ2v) is 10.1. The van der Waals surface area contributed by atoms with E-state index in [1.54, 1.807) is 29.9 Å². The van der Waals surface area contributed by atoms with Crippen LogP contribution in [-0.4, -0.2) is 26.6 Å². The number of aromatic nitrogens is 3. The zero-order chi connectivity index (χ0) is 25.9. The summed E-state index contributed by atoms with van der Waals surface area (Å²) < 4.78 is 0. The Morgan fingerprint density at radius 2 is 1.39 bits per heavy atom. The molecular formula is C29H32N4O2S. The second-order valence-electron chi connectivity index (χ2n) is 8.96. The highest BCUT2D eigenvalue weighted by atomic mass is 32.1. The number of Topliss-reactive ketones (excluding diaryl/α,β-unsaturated/α-hetero) is 1. The van der Waals surface area contributed by atoms with Gasteiger partial charge in [0.15, 0.2) is 5.78 Å². The molecule has 186 valence electrons. The van der Waals surface area contributed by atoms with Gasteiger partial charge in [-0.2, -0.15) is 0 Å². The van der Waals surface area contributed by atoms with Gasteiger partial charge in [0.25, 0.3) is 0 Å². The Bertz CT molecular complexity index is 1240. The fraction of sp³-hybridized carbons (Fsp3) is 0.276. The summed E-state index contributed by atoms with van der Waals surface area (Å²) in [4.78, 5) is 37.6. The van der Waals surface area contributed by atoms with Gasteiger partial charge in [-0.05, 0) is 23.6 Å². The molecule has 0 fully saturated rings. The molecule has 4 aromatic rings. The van der Waals surface area contributed by atoms with Gasteiger partial charge in [-0.3, -0.25) is 9.59 Å². The zero-order valence-electron chi connectivity index (χ0n) is 21.1. The van der Waals surface area contributed by atoms with Crippen LogP contribution >= 0.6 is 11.3 Å². The van der Waals surface area contributed by atoms with E-state index in [1.807, 2.05) is 60.7 Å². The fourth-order valence-corrected chi connectivity index (χ4v) is 4.10.